The third kappa shape index (κ3) is 19.9. The molecule has 0 saturated carbocycles. The zero-order chi connectivity index (χ0) is 21.6. The summed E-state index contributed by atoms with van der Waals surface area (Å²) in [4.78, 5) is 11.9. The van der Waals surface area contributed by atoms with Gasteiger partial charge in [-0.25, -0.2) is 0 Å². The van der Waals surface area contributed by atoms with Crippen LogP contribution in [0.4, 0.5) is 0 Å². The molecule has 1 unspecified atom stereocenters. The highest BCUT2D eigenvalue weighted by atomic mass is 16.7. The molecule has 0 fully saturated rings. The standard InChI is InChI=1S/C24H44O5/c1-4-6-8-10-12-14-18-27-24(28-19-15-13-11-9-7-5-2)17-16-23(26)29-21-22(3)20-25/h10-13,22,24-25H,4-9,14-21H2,1-3H3/b12-10-,13-11-. The SMILES string of the molecule is CCCC/C=C\CCOC(CCC(=O)OCC(C)CO)OCC/C=C\CCCC. The van der Waals surface area contributed by atoms with Crippen molar-refractivity contribution in [3.63, 3.8) is 0 Å². The van der Waals surface area contributed by atoms with Crippen LogP contribution in [-0.2, 0) is 19.0 Å². The van der Waals surface area contributed by atoms with Gasteiger partial charge < -0.3 is 19.3 Å². The van der Waals surface area contributed by atoms with Crippen LogP contribution in [0.25, 0.3) is 0 Å². The van der Waals surface area contributed by atoms with Gasteiger partial charge in [-0.05, 0) is 25.7 Å². The number of aliphatic hydroxyl groups excluding tert-OH is 1. The van der Waals surface area contributed by atoms with E-state index in [9.17, 15) is 4.79 Å². The van der Waals surface area contributed by atoms with E-state index in [4.69, 9.17) is 19.3 Å². The summed E-state index contributed by atoms with van der Waals surface area (Å²) in [5, 5.41) is 9.00. The van der Waals surface area contributed by atoms with Gasteiger partial charge in [-0.2, -0.15) is 0 Å². The molecule has 29 heavy (non-hydrogen) atoms. The van der Waals surface area contributed by atoms with Crippen LogP contribution in [0.5, 0.6) is 0 Å². The first kappa shape index (κ1) is 27.8. The first-order valence-electron chi connectivity index (χ1n) is 11.4. The molecule has 0 aromatic heterocycles. The Bertz CT molecular complexity index is 395. The van der Waals surface area contributed by atoms with Gasteiger partial charge in [-0.15, -0.1) is 0 Å². The van der Waals surface area contributed by atoms with Crippen molar-refractivity contribution in [2.45, 2.75) is 91.3 Å². The molecule has 0 aromatic carbocycles. The van der Waals surface area contributed by atoms with E-state index in [-0.39, 0.29) is 31.5 Å². The Labute approximate surface area is 178 Å². The van der Waals surface area contributed by atoms with Crippen LogP contribution in [0.15, 0.2) is 24.3 Å². The summed E-state index contributed by atoms with van der Waals surface area (Å²) < 4.78 is 16.9. The Morgan fingerprint density at radius 3 is 1.90 bits per heavy atom. The van der Waals surface area contributed by atoms with Gasteiger partial charge in [0, 0.05) is 18.9 Å². The second kappa shape index (κ2) is 21.5. The molecular formula is C24H44O5. The zero-order valence-corrected chi connectivity index (χ0v) is 18.9. The number of carbonyl (C=O) groups excluding carboxylic acids is 1. The molecule has 0 amide bonds. The summed E-state index contributed by atoms with van der Waals surface area (Å²) in [6, 6.07) is 0. The number of hydrogen-bond acceptors (Lipinski definition) is 5. The van der Waals surface area contributed by atoms with Gasteiger partial charge in [-0.3, -0.25) is 4.79 Å². The molecule has 0 saturated heterocycles. The van der Waals surface area contributed by atoms with E-state index in [1.165, 1.54) is 25.7 Å². The molecule has 170 valence electrons. The van der Waals surface area contributed by atoms with E-state index >= 15 is 0 Å². The smallest absolute Gasteiger partial charge is 0.305 e. The average Bonchev–Trinajstić information content (AvgIpc) is 2.73. The first-order chi connectivity index (χ1) is 14.1. The van der Waals surface area contributed by atoms with Crippen LogP contribution in [0, 0.1) is 5.92 Å². The Morgan fingerprint density at radius 2 is 1.41 bits per heavy atom. The number of rotatable bonds is 20. The fourth-order valence-corrected chi connectivity index (χ4v) is 2.46. The average molecular weight is 413 g/mol. The summed E-state index contributed by atoms with van der Waals surface area (Å²) in [6.07, 6.45) is 17.8. The highest BCUT2D eigenvalue weighted by Gasteiger charge is 2.13. The van der Waals surface area contributed by atoms with Crippen LogP contribution in [0.3, 0.4) is 0 Å². The lowest BCUT2D eigenvalue weighted by Crippen LogP contribution is -2.21. The predicted octanol–water partition coefficient (Wildman–Crippen LogP) is 5.57. The lowest BCUT2D eigenvalue weighted by molar-refractivity contribution is -0.158. The van der Waals surface area contributed by atoms with Crippen LogP contribution >= 0.6 is 0 Å². The fraction of sp³-hybridized carbons (Fsp3) is 0.792. The molecule has 1 N–H and O–H groups in total. The number of carbonyl (C=O) groups is 1. The van der Waals surface area contributed by atoms with Crippen LogP contribution in [-0.4, -0.2) is 43.8 Å². The summed E-state index contributed by atoms with van der Waals surface area (Å²) in [6.45, 7) is 7.63. The van der Waals surface area contributed by atoms with E-state index in [2.05, 4.69) is 38.2 Å². The molecule has 0 heterocycles. The number of allylic oxidation sites excluding steroid dienone is 2. The maximum Gasteiger partial charge on any atom is 0.305 e. The van der Waals surface area contributed by atoms with Crippen LogP contribution < -0.4 is 0 Å². The van der Waals surface area contributed by atoms with Crippen molar-refractivity contribution in [2.75, 3.05) is 26.4 Å². The third-order valence-corrected chi connectivity index (χ3v) is 4.38. The van der Waals surface area contributed by atoms with E-state index in [0.29, 0.717) is 19.6 Å². The molecule has 1 atom stereocenters. The molecule has 0 aliphatic heterocycles. The molecule has 0 aliphatic carbocycles. The Balaban J connectivity index is 4.20. The van der Waals surface area contributed by atoms with E-state index in [1.54, 1.807) is 0 Å². The largest absolute Gasteiger partial charge is 0.465 e. The molecule has 0 bridgehead atoms. The van der Waals surface area contributed by atoms with Crippen molar-refractivity contribution >= 4 is 5.97 Å². The summed E-state index contributed by atoms with van der Waals surface area (Å²) in [5.74, 6) is -0.317. The van der Waals surface area contributed by atoms with E-state index in [0.717, 1.165) is 25.7 Å². The molecule has 0 rings (SSSR count). The highest BCUT2D eigenvalue weighted by Crippen LogP contribution is 2.09. The highest BCUT2D eigenvalue weighted by molar-refractivity contribution is 5.69. The molecule has 0 aromatic rings. The Hall–Kier alpha value is -1.17. The monoisotopic (exact) mass is 412 g/mol. The van der Waals surface area contributed by atoms with Gasteiger partial charge in [0.1, 0.15) is 0 Å². The molecular weight excluding hydrogens is 368 g/mol. The van der Waals surface area contributed by atoms with Crippen molar-refractivity contribution in [3.8, 4) is 0 Å². The van der Waals surface area contributed by atoms with Crippen molar-refractivity contribution in [2.24, 2.45) is 5.92 Å². The Morgan fingerprint density at radius 1 is 0.897 bits per heavy atom. The van der Waals surface area contributed by atoms with Crippen molar-refractivity contribution in [1.82, 2.24) is 0 Å². The number of unbranched alkanes of at least 4 members (excludes halogenated alkanes) is 4. The second-order valence-electron chi connectivity index (χ2n) is 7.49. The molecule has 5 nitrogen and oxygen atoms in total. The zero-order valence-electron chi connectivity index (χ0n) is 18.9. The van der Waals surface area contributed by atoms with Gasteiger partial charge in [0.05, 0.1) is 26.2 Å². The van der Waals surface area contributed by atoms with Crippen molar-refractivity contribution < 1.29 is 24.1 Å². The van der Waals surface area contributed by atoms with Gasteiger partial charge >= 0.3 is 5.97 Å². The normalized spacial score (nSPS) is 13.0. The lowest BCUT2D eigenvalue weighted by Gasteiger charge is -2.18. The molecule has 5 heteroatoms. The summed E-state index contributed by atoms with van der Waals surface area (Å²) >= 11 is 0. The van der Waals surface area contributed by atoms with E-state index in [1.807, 2.05) is 6.92 Å². The lowest BCUT2D eigenvalue weighted by atomic mass is 10.2. The van der Waals surface area contributed by atoms with Gasteiger partial charge in [0.25, 0.3) is 0 Å². The van der Waals surface area contributed by atoms with Crippen LogP contribution in [0.1, 0.15) is 85.0 Å². The number of ether oxygens (including phenoxy) is 3. The Kier molecular flexibility index (Phi) is 20.7. The fourth-order valence-electron chi connectivity index (χ4n) is 2.46. The summed E-state index contributed by atoms with van der Waals surface area (Å²) in [5.41, 5.74) is 0. The second-order valence-corrected chi connectivity index (χ2v) is 7.49. The van der Waals surface area contributed by atoms with Crippen molar-refractivity contribution in [3.05, 3.63) is 24.3 Å². The van der Waals surface area contributed by atoms with Crippen molar-refractivity contribution in [1.29, 1.82) is 0 Å². The van der Waals surface area contributed by atoms with Gasteiger partial charge in [0.2, 0.25) is 0 Å². The van der Waals surface area contributed by atoms with Crippen LogP contribution in [0.2, 0.25) is 0 Å². The first-order valence-corrected chi connectivity index (χ1v) is 11.4. The maximum atomic E-state index is 11.9. The van der Waals surface area contributed by atoms with Gasteiger partial charge in [0.15, 0.2) is 6.29 Å². The summed E-state index contributed by atoms with van der Waals surface area (Å²) in [7, 11) is 0. The minimum Gasteiger partial charge on any atom is -0.465 e. The van der Waals surface area contributed by atoms with Gasteiger partial charge in [-0.1, -0.05) is 70.8 Å². The quantitative estimate of drug-likeness (QED) is 0.123. The minimum absolute atomic E-state index is 0.0136. The third-order valence-electron chi connectivity index (χ3n) is 4.38. The minimum atomic E-state index is -0.397. The predicted molar refractivity (Wildman–Crippen MR) is 119 cm³/mol. The number of aliphatic hydroxyl groups is 1. The number of hydrogen-bond donors (Lipinski definition) is 1. The molecule has 0 aliphatic rings. The molecule has 0 spiro atoms. The van der Waals surface area contributed by atoms with E-state index < -0.39 is 6.29 Å². The number of esters is 1. The maximum absolute atomic E-state index is 11.9. The molecule has 0 radical (unpaired) electrons. The topological polar surface area (TPSA) is 65.0 Å².